The number of fused-ring (bicyclic) bond motifs is 1. The van der Waals surface area contributed by atoms with Crippen molar-refractivity contribution in [2.24, 2.45) is 0 Å². The lowest BCUT2D eigenvalue weighted by Crippen LogP contribution is -2.01. The predicted molar refractivity (Wildman–Crippen MR) is 56.7 cm³/mol. The van der Waals surface area contributed by atoms with E-state index in [2.05, 4.69) is 5.10 Å². The molecular weight excluding hydrogens is 192 g/mol. The van der Waals surface area contributed by atoms with Crippen LogP contribution in [0.4, 0.5) is 0 Å². The van der Waals surface area contributed by atoms with Gasteiger partial charge in [-0.3, -0.25) is 9.48 Å². The third-order valence-electron chi connectivity index (χ3n) is 2.36. The average molecular weight is 204 g/mol. The molecule has 0 aliphatic carbocycles. The first-order valence-corrected chi connectivity index (χ1v) is 4.87. The quantitative estimate of drug-likeness (QED) is 0.827. The van der Waals surface area contributed by atoms with Crippen molar-refractivity contribution < 1.29 is 9.90 Å². The number of nitrogens with zero attached hydrogens (tertiary/aromatic N) is 2. The molecule has 0 saturated heterocycles. The fourth-order valence-electron chi connectivity index (χ4n) is 1.65. The molecule has 4 nitrogen and oxygen atoms in total. The zero-order valence-corrected chi connectivity index (χ0v) is 8.47. The SMILES string of the molecule is CCn1ncc2ccc(CC(=O)O)cc21. The van der Waals surface area contributed by atoms with Crippen LogP contribution in [-0.4, -0.2) is 20.9 Å². The van der Waals surface area contributed by atoms with Gasteiger partial charge in [0.2, 0.25) is 0 Å². The fourth-order valence-corrected chi connectivity index (χ4v) is 1.65. The molecule has 1 heterocycles. The van der Waals surface area contributed by atoms with Crippen LogP contribution in [0.5, 0.6) is 0 Å². The Morgan fingerprint density at radius 2 is 2.33 bits per heavy atom. The maximum absolute atomic E-state index is 10.6. The van der Waals surface area contributed by atoms with Crippen molar-refractivity contribution in [1.82, 2.24) is 9.78 Å². The molecule has 0 spiro atoms. The second kappa shape index (κ2) is 3.73. The first-order valence-electron chi connectivity index (χ1n) is 4.87. The molecule has 0 saturated carbocycles. The summed E-state index contributed by atoms with van der Waals surface area (Å²) in [6.45, 7) is 2.80. The minimum atomic E-state index is -0.808. The highest BCUT2D eigenvalue weighted by Gasteiger charge is 2.04. The summed E-state index contributed by atoms with van der Waals surface area (Å²) < 4.78 is 1.86. The smallest absolute Gasteiger partial charge is 0.307 e. The molecule has 1 aromatic carbocycles. The lowest BCUT2D eigenvalue weighted by molar-refractivity contribution is -0.136. The van der Waals surface area contributed by atoms with Gasteiger partial charge in [-0.1, -0.05) is 12.1 Å². The molecule has 15 heavy (non-hydrogen) atoms. The molecular formula is C11H12N2O2. The van der Waals surface area contributed by atoms with Crippen LogP contribution in [0.2, 0.25) is 0 Å². The molecule has 4 heteroatoms. The van der Waals surface area contributed by atoms with E-state index in [4.69, 9.17) is 5.11 Å². The number of aliphatic carboxylic acids is 1. The number of hydrogen-bond donors (Lipinski definition) is 1. The molecule has 0 aliphatic rings. The number of carboxylic acid groups (broad SMARTS) is 1. The Hall–Kier alpha value is -1.84. The summed E-state index contributed by atoms with van der Waals surface area (Å²) in [5.74, 6) is -0.808. The summed E-state index contributed by atoms with van der Waals surface area (Å²) >= 11 is 0. The molecule has 0 radical (unpaired) electrons. The zero-order valence-electron chi connectivity index (χ0n) is 8.47. The number of carbonyl (C=O) groups is 1. The van der Waals surface area contributed by atoms with E-state index in [1.807, 2.05) is 29.8 Å². The molecule has 1 N–H and O–H groups in total. The van der Waals surface area contributed by atoms with Crippen LogP contribution >= 0.6 is 0 Å². The van der Waals surface area contributed by atoms with E-state index in [-0.39, 0.29) is 6.42 Å². The van der Waals surface area contributed by atoms with Gasteiger partial charge in [-0.15, -0.1) is 0 Å². The van der Waals surface area contributed by atoms with Crippen LogP contribution in [0.3, 0.4) is 0 Å². The van der Waals surface area contributed by atoms with Crippen molar-refractivity contribution in [2.45, 2.75) is 19.9 Å². The highest BCUT2D eigenvalue weighted by Crippen LogP contribution is 2.16. The van der Waals surface area contributed by atoms with Gasteiger partial charge in [0.1, 0.15) is 0 Å². The van der Waals surface area contributed by atoms with Crippen molar-refractivity contribution in [3.63, 3.8) is 0 Å². The van der Waals surface area contributed by atoms with Crippen molar-refractivity contribution in [2.75, 3.05) is 0 Å². The molecule has 1 aromatic heterocycles. The normalized spacial score (nSPS) is 10.7. The molecule has 0 amide bonds. The maximum atomic E-state index is 10.6. The summed E-state index contributed by atoms with van der Waals surface area (Å²) in [4.78, 5) is 10.6. The second-order valence-corrected chi connectivity index (χ2v) is 3.42. The summed E-state index contributed by atoms with van der Waals surface area (Å²) in [7, 11) is 0. The van der Waals surface area contributed by atoms with Gasteiger partial charge < -0.3 is 5.11 Å². The van der Waals surface area contributed by atoms with E-state index in [9.17, 15) is 4.79 Å². The minimum absolute atomic E-state index is 0.0604. The molecule has 0 bridgehead atoms. The first-order chi connectivity index (χ1) is 7.20. The summed E-state index contributed by atoms with van der Waals surface area (Å²) in [5.41, 5.74) is 1.81. The van der Waals surface area contributed by atoms with E-state index in [1.165, 1.54) is 0 Å². The van der Waals surface area contributed by atoms with Gasteiger partial charge in [0, 0.05) is 11.9 Å². The third-order valence-corrected chi connectivity index (χ3v) is 2.36. The Labute approximate surface area is 87.1 Å². The Morgan fingerprint density at radius 1 is 1.53 bits per heavy atom. The second-order valence-electron chi connectivity index (χ2n) is 3.42. The topological polar surface area (TPSA) is 55.1 Å². The number of aromatic nitrogens is 2. The molecule has 2 aromatic rings. The number of benzene rings is 1. The Kier molecular flexibility index (Phi) is 2.41. The highest BCUT2D eigenvalue weighted by molar-refractivity contribution is 5.81. The molecule has 0 atom stereocenters. The van der Waals surface area contributed by atoms with E-state index in [1.54, 1.807) is 6.20 Å². The Balaban J connectivity index is 2.47. The van der Waals surface area contributed by atoms with Crippen LogP contribution in [0, 0.1) is 0 Å². The van der Waals surface area contributed by atoms with Gasteiger partial charge in [0.25, 0.3) is 0 Å². The largest absolute Gasteiger partial charge is 0.481 e. The zero-order chi connectivity index (χ0) is 10.8. The van der Waals surface area contributed by atoms with Crippen LogP contribution in [0.15, 0.2) is 24.4 Å². The van der Waals surface area contributed by atoms with Gasteiger partial charge in [-0.25, -0.2) is 0 Å². The molecule has 0 aliphatic heterocycles. The Morgan fingerprint density at radius 3 is 3.00 bits per heavy atom. The van der Waals surface area contributed by atoms with Crippen LogP contribution < -0.4 is 0 Å². The predicted octanol–water partition coefficient (Wildman–Crippen LogP) is 1.68. The maximum Gasteiger partial charge on any atom is 0.307 e. The average Bonchev–Trinajstić information content (AvgIpc) is 2.59. The van der Waals surface area contributed by atoms with Crippen LogP contribution in [-0.2, 0) is 17.8 Å². The lowest BCUT2D eigenvalue weighted by Gasteiger charge is -2.00. The molecule has 78 valence electrons. The number of hydrogen-bond acceptors (Lipinski definition) is 2. The van der Waals surface area contributed by atoms with Crippen molar-refractivity contribution in [1.29, 1.82) is 0 Å². The van der Waals surface area contributed by atoms with Gasteiger partial charge in [0.05, 0.1) is 18.1 Å². The van der Waals surface area contributed by atoms with E-state index in [0.29, 0.717) is 0 Å². The van der Waals surface area contributed by atoms with Crippen molar-refractivity contribution in [3.05, 3.63) is 30.0 Å². The number of carboxylic acids is 1. The summed E-state index contributed by atoms with van der Waals surface area (Å²) in [5, 5.41) is 13.9. The number of rotatable bonds is 3. The highest BCUT2D eigenvalue weighted by atomic mass is 16.4. The number of aryl methyl sites for hydroxylation is 1. The summed E-state index contributed by atoms with van der Waals surface area (Å²) in [6.07, 6.45) is 1.86. The van der Waals surface area contributed by atoms with Crippen molar-refractivity contribution in [3.8, 4) is 0 Å². The third kappa shape index (κ3) is 1.83. The van der Waals surface area contributed by atoms with Gasteiger partial charge in [-0.2, -0.15) is 5.10 Å². The molecule has 0 unspecified atom stereocenters. The van der Waals surface area contributed by atoms with Crippen LogP contribution in [0.25, 0.3) is 10.9 Å². The standard InChI is InChI=1S/C11H12N2O2/c1-2-13-10-5-8(6-11(14)15)3-4-9(10)7-12-13/h3-5,7H,2,6H2,1H3,(H,14,15). The van der Waals surface area contributed by atoms with Crippen LogP contribution in [0.1, 0.15) is 12.5 Å². The van der Waals surface area contributed by atoms with Gasteiger partial charge in [0.15, 0.2) is 0 Å². The van der Waals surface area contributed by atoms with E-state index >= 15 is 0 Å². The monoisotopic (exact) mass is 204 g/mol. The minimum Gasteiger partial charge on any atom is -0.481 e. The molecule has 0 fully saturated rings. The lowest BCUT2D eigenvalue weighted by atomic mass is 10.1. The Bertz CT molecular complexity index is 502. The van der Waals surface area contributed by atoms with E-state index < -0.39 is 5.97 Å². The van der Waals surface area contributed by atoms with Crippen molar-refractivity contribution >= 4 is 16.9 Å². The summed E-state index contributed by atoms with van der Waals surface area (Å²) in [6, 6.07) is 5.63. The fraction of sp³-hybridized carbons (Fsp3) is 0.273. The molecule has 2 rings (SSSR count). The van der Waals surface area contributed by atoms with E-state index in [0.717, 1.165) is 23.0 Å². The van der Waals surface area contributed by atoms with Gasteiger partial charge in [-0.05, 0) is 18.6 Å². The van der Waals surface area contributed by atoms with Gasteiger partial charge >= 0.3 is 5.97 Å². The first kappa shape index (κ1) is 9.71.